The quantitative estimate of drug-likeness (QED) is 0.421. The minimum atomic E-state index is -0.964. The van der Waals surface area contributed by atoms with Crippen molar-refractivity contribution in [2.75, 3.05) is 18.0 Å². The Balaban J connectivity index is 1.70. The first-order chi connectivity index (χ1) is 18.2. The SMILES string of the molecule is CC(C)(C)c1ccc(CN2CCCCCCCN(C(=O)c3cccnc3)c3ccc(C(=O)O)cc3C2)cc1. The fraction of sp³-hybridized carbons (Fsp3) is 0.406. The molecule has 38 heavy (non-hydrogen) atoms. The van der Waals surface area contributed by atoms with Gasteiger partial charge in [-0.3, -0.25) is 14.7 Å². The van der Waals surface area contributed by atoms with Gasteiger partial charge in [0.15, 0.2) is 0 Å². The number of aromatic carboxylic acids is 1. The lowest BCUT2D eigenvalue weighted by Crippen LogP contribution is -2.34. The van der Waals surface area contributed by atoms with Crippen molar-refractivity contribution in [3.63, 3.8) is 0 Å². The molecule has 200 valence electrons. The number of nitrogens with zero attached hydrogens (tertiary/aromatic N) is 3. The van der Waals surface area contributed by atoms with Gasteiger partial charge in [-0.05, 0) is 71.8 Å². The van der Waals surface area contributed by atoms with Crippen LogP contribution in [0.5, 0.6) is 0 Å². The van der Waals surface area contributed by atoms with Gasteiger partial charge in [0.05, 0.1) is 11.1 Å². The average Bonchev–Trinajstić information content (AvgIpc) is 2.89. The van der Waals surface area contributed by atoms with E-state index < -0.39 is 5.97 Å². The third kappa shape index (κ3) is 7.07. The van der Waals surface area contributed by atoms with Gasteiger partial charge in [0.1, 0.15) is 0 Å². The molecule has 0 aliphatic carbocycles. The molecule has 0 spiro atoms. The highest BCUT2D eigenvalue weighted by atomic mass is 16.4. The smallest absolute Gasteiger partial charge is 0.335 e. The zero-order chi connectivity index (χ0) is 27.1. The number of aromatic nitrogens is 1. The molecule has 0 unspecified atom stereocenters. The topological polar surface area (TPSA) is 73.7 Å². The van der Waals surface area contributed by atoms with Gasteiger partial charge in [-0.1, -0.05) is 64.3 Å². The lowest BCUT2D eigenvalue weighted by Gasteiger charge is -2.30. The normalized spacial score (nSPS) is 15.7. The van der Waals surface area contributed by atoms with Gasteiger partial charge in [-0.15, -0.1) is 0 Å². The van der Waals surface area contributed by atoms with Crippen LogP contribution in [0.4, 0.5) is 5.69 Å². The average molecular weight is 514 g/mol. The summed E-state index contributed by atoms with van der Waals surface area (Å²) in [5.41, 5.74) is 5.03. The van der Waals surface area contributed by atoms with Crippen molar-refractivity contribution < 1.29 is 14.7 Å². The molecule has 2 aromatic carbocycles. The second-order valence-electron chi connectivity index (χ2n) is 11.3. The van der Waals surface area contributed by atoms with Crippen molar-refractivity contribution >= 4 is 17.6 Å². The lowest BCUT2D eigenvalue weighted by molar-refractivity contribution is 0.0696. The summed E-state index contributed by atoms with van der Waals surface area (Å²) in [6.45, 7) is 9.47. The third-order valence-electron chi connectivity index (χ3n) is 7.25. The number of fused-ring (bicyclic) bond motifs is 1. The number of pyridine rings is 1. The zero-order valence-electron chi connectivity index (χ0n) is 22.8. The van der Waals surface area contributed by atoms with E-state index in [1.165, 1.54) is 11.1 Å². The summed E-state index contributed by atoms with van der Waals surface area (Å²) in [6, 6.07) is 17.5. The highest BCUT2D eigenvalue weighted by molar-refractivity contribution is 6.06. The zero-order valence-corrected chi connectivity index (χ0v) is 22.8. The molecule has 2 heterocycles. The summed E-state index contributed by atoms with van der Waals surface area (Å²) in [5.74, 6) is -1.07. The van der Waals surface area contributed by atoms with Crippen molar-refractivity contribution in [1.29, 1.82) is 0 Å². The fourth-order valence-corrected chi connectivity index (χ4v) is 5.04. The molecular formula is C32H39N3O3. The molecule has 1 amide bonds. The standard InChI is InChI=1S/C32H39N3O3/c1-32(2,3)28-14-11-24(12-15-28)22-34-18-7-5-4-6-8-19-35(30(36)26-10-9-17-33-21-26)29-16-13-25(31(37)38)20-27(29)23-34/h9-17,20-21H,4-8,18-19,22-23H2,1-3H3,(H,37,38). The van der Waals surface area contributed by atoms with Crippen LogP contribution in [0.25, 0.3) is 0 Å². The molecule has 0 radical (unpaired) electrons. The number of carboxylic acids is 1. The van der Waals surface area contributed by atoms with E-state index in [0.717, 1.165) is 56.4 Å². The van der Waals surface area contributed by atoms with E-state index in [1.54, 1.807) is 42.7 Å². The molecule has 3 aromatic rings. The van der Waals surface area contributed by atoms with Crippen LogP contribution in [0.15, 0.2) is 67.0 Å². The second-order valence-corrected chi connectivity index (χ2v) is 11.3. The number of carbonyl (C=O) groups excluding carboxylic acids is 1. The molecule has 0 saturated carbocycles. The predicted molar refractivity (Wildman–Crippen MR) is 152 cm³/mol. The van der Waals surface area contributed by atoms with E-state index in [-0.39, 0.29) is 16.9 Å². The molecule has 0 saturated heterocycles. The monoisotopic (exact) mass is 513 g/mol. The number of rotatable bonds is 4. The number of amides is 1. The third-order valence-corrected chi connectivity index (χ3v) is 7.25. The van der Waals surface area contributed by atoms with E-state index in [2.05, 4.69) is 54.9 Å². The van der Waals surface area contributed by atoms with Gasteiger partial charge < -0.3 is 10.0 Å². The van der Waals surface area contributed by atoms with Gasteiger partial charge in [-0.25, -0.2) is 4.79 Å². The first kappa shape index (κ1) is 27.5. The number of anilines is 1. The predicted octanol–water partition coefficient (Wildman–Crippen LogP) is 6.69. The van der Waals surface area contributed by atoms with Gasteiger partial charge in [0.25, 0.3) is 5.91 Å². The molecule has 6 nitrogen and oxygen atoms in total. The van der Waals surface area contributed by atoms with Gasteiger partial charge in [-0.2, -0.15) is 0 Å². The molecule has 0 fully saturated rings. The molecule has 1 N–H and O–H groups in total. The van der Waals surface area contributed by atoms with Crippen molar-refractivity contribution in [2.24, 2.45) is 0 Å². The van der Waals surface area contributed by atoms with E-state index >= 15 is 0 Å². The summed E-state index contributed by atoms with van der Waals surface area (Å²) in [5, 5.41) is 9.74. The van der Waals surface area contributed by atoms with Gasteiger partial charge >= 0.3 is 5.97 Å². The van der Waals surface area contributed by atoms with Crippen molar-refractivity contribution in [1.82, 2.24) is 9.88 Å². The van der Waals surface area contributed by atoms with E-state index in [4.69, 9.17) is 0 Å². The second kappa shape index (κ2) is 12.4. The van der Waals surface area contributed by atoms with Crippen LogP contribution in [0.2, 0.25) is 0 Å². The molecule has 1 aliphatic heterocycles. The van der Waals surface area contributed by atoms with Crippen LogP contribution in [0.1, 0.15) is 90.3 Å². The van der Waals surface area contributed by atoms with Crippen LogP contribution in [0, 0.1) is 0 Å². The van der Waals surface area contributed by atoms with Gasteiger partial charge in [0.2, 0.25) is 0 Å². The van der Waals surface area contributed by atoms with Crippen LogP contribution in [-0.4, -0.2) is 40.0 Å². The Morgan fingerprint density at radius 3 is 2.26 bits per heavy atom. The number of hydrogen-bond acceptors (Lipinski definition) is 4. The van der Waals surface area contributed by atoms with Crippen LogP contribution in [-0.2, 0) is 18.5 Å². The molecule has 1 aromatic heterocycles. The first-order valence-corrected chi connectivity index (χ1v) is 13.6. The number of hydrogen-bond donors (Lipinski definition) is 1. The minimum Gasteiger partial charge on any atom is -0.478 e. The van der Waals surface area contributed by atoms with Gasteiger partial charge in [0, 0.05) is 37.7 Å². The summed E-state index contributed by atoms with van der Waals surface area (Å²) < 4.78 is 0. The lowest BCUT2D eigenvalue weighted by atomic mass is 9.87. The molecule has 0 bridgehead atoms. The maximum absolute atomic E-state index is 13.6. The number of benzene rings is 2. The highest BCUT2D eigenvalue weighted by Crippen LogP contribution is 2.28. The summed E-state index contributed by atoms with van der Waals surface area (Å²) in [4.78, 5) is 33.9. The first-order valence-electron chi connectivity index (χ1n) is 13.6. The van der Waals surface area contributed by atoms with Crippen molar-refractivity contribution in [3.8, 4) is 0 Å². The van der Waals surface area contributed by atoms with Crippen LogP contribution in [0.3, 0.4) is 0 Å². The van der Waals surface area contributed by atoms with Crippen LogP contribution >= 0.6 is 0 Å². The summed E-state index contributed by atoms with van der Waals surface area (Å²) in [7, 11) is 0. The summed E-state index contributed by atoms with van der Waals surface area (Å²) >= 11 is 0. The Hall–Kier alpha value is -3.51. The maximum atomic E-state index is 13.6. The van der Waals surface area contributed by atoms with E-state index in [9.17, 15) is 14.7 Å². The Labute approximate surface area is 226 Å². The van der Waals surface area contributed by atoms with E-state index in [0.29, 0.717) is 18.7 Å². The Bertz CT molecular complexity index is 1230. The number of carboxylic acid groups (broad SMARTS) is 1. The Morgan fingerprint density at radius 2 is 1.61 bits per heavy atom. The fourth-order valence-electron chi connectivity index (χ4n) is 5.04. The number of carbonyl (C=O) groups is 2. The highest BCUT2D eigenvalue weighted by Gasteiger charge is 2.23. The molecule has 6 heteroatoms. The van der Waals surface area contributed by atoms with Crippen LogP contribution < -0.4 is 4.90 Å². The molecular weight excluding hydrogens is 474 g/mol. The largest absolute Gasteiger partial charge is 0.478 e. The maximum Gasteiger partial charge on any atom is 0.335 e. The van der Waals surface area contributed by atoms with Crippen molar-refractivity contribution in [2.45, 2.75) is 71.4 Å². The minimum absolute atomic E-state index is 0.0996. The summed E-state index contributed by atoms with van der Waals surface area (Å²) in [6.07, 6.45) is 8.56. The molecule has 4 rings (SSSR count). The Kier molecular flexibility index (Phi) is 8.95. The Morgan fingerprint density at radius 1 is 0.895 bits per heavy atom. The molecule has 1 aliphatic rings. The van der Waals surface area contributed by atoms with Crippen molar-refractivity contribution in [3.05, 3.63) is 94.8 Å². The van der Waals surface area contributed by atoms with E-state index in [1.807, 2.05) is 4.90 Å². The molecule has 0 atom stereocenters.